The van der Waals surface area contributed by atoms with Gasteiger partial charge in [-0.05, 0) is 48.6 Å². The molecule has 2 aliphatic heterocycles. The van der Waals surface area contributed by atoms with Crippen LogP contribution in [0.15, 0.2) is 75.7 Å². The molecule has 2 heterocycles. The molecule has 0 radical (unpaired) electrons. The molecule has 170 valence electrons. The molecule has 6 heteroatoms. The Morgan fingerprint density at radius 1 is 0.970 bits per heavy atom. The van der Waals surface area contributed by atoms with Gasteiger partial charge in [-0.25, -0.2) is 0 Å². The number of Topliss-reactive ketones (excluding diaryl/α,β-unsaturated/α-hetero) is 1. The number of benzene rings is 2. The van der Waals surface area contributed by atoms with E-state index in [0.717, 1.165) is 57.9 Å². The summed E-state index contributed by atoms with van der Waals surface area (Å²) >= 11 is 3.53. The van der Waals surface area contributed by atoms with Crippen LogP contribution in [0.2, 0.25) is 0 Å². The molecule has 0 saturated carbocycles. The SMILES string of the molecule is Cc1ccc(C2C(=C3NCCN3)C(=N)N(c3ccc(Br)cc3)C3=C2C(=O)CC(C)(C)C3)cc1. The van der Waals surface area contributed by atoms with Crippen molar-refractivity contribution in [1.29, 1.82) is 5.41 Å². The number of anilines is 1. The minimum absolute atomic E-state index is 0.157. The lowest BCUT2D eigenvalue weighted by Crippen LogP contribution is -2.46. The van der Waals surface area contributed by atoms with E-state index in [4.69, 9.17) is 0 Å². The van der Waals surface area contributed by atoms with Crippen molar-refractivity contribution in [2.24, 2.45) is 5.41 Å². The van der Waals surface area contributed by atoms with Gasteiger partial charge in [-0.2, -0.15) is 0 Å². The van der Waals surface area contributed by atoms with Gasteiger partial charge in [0, 0.05) is 52.4 Å². The van der Waals surface area contributed by atoms with Crippen LogP contribution < -0.4 is 15.5 Å². The minimum atomic E-state index is -0.267. The van der Waals surface area contributed by atoms with Crippen molar-refractivity contribution in [3.63, 3.8) is 0 Å². The zero-order chi connectivity index (χ0) is 23.3. The van der Waals surface area contributed by atoms with Gasteiger partial charge in [0.05, 0.1) is 0 Å². The van der Waals surface area contributed by atoms with Crippen molar-refractivity contribution in [2.75, 3.05) is 18.0 Å². The first-order valence-corrected chi connectivity index (χ1v) is 12.2. The molecule has 5 nitrogen and oxygen atoms in total. The highest BCUT2D eigenvalue weighted by molar-refractivity contribution is 9.10. The molecule has 1 unspecified atom stereocenters. The molecule has 0 spiro atoms. The van der Waals surface area contributed by atoms with Crippen LogP contribution in [0.4, 0.5) is 5.69 Å². The molecular formula is C27H29BrN4O. The van der Waals surface area contributed by atoms with Gasteiger partial charge in [0.15, 0.2) is 5.78 Å². The number of rotatable bonds is 2. The summed E-state index contributed by atoms with van der Waals surface area (Å²) in [5.74, 6) is 1.19. The van der Waals surface area contributed by atoms with Crippen LogP contribution >= 0.6 is 15.9 Å². The highest BCUT2D eigenvalue weighted by Crippen LogP contribution is 2.50. The van der Waals surface area contributed by atoms with E-state index < -0.39 is 0 Å². The third kappa shape index (κ3) is 3.90. The molecule has 0 amide bonds. The summed E-state index contributed by atoms with van der Waals surface area (Å²) in [6.45, 7) is 7.97. The van der Waals surface area contributed by atoms with E-state index >= 15 is 0 Å². The number of carbonyl (C=O) groups excluding carboxylic acids is 1. The number of amidine groups is 1. The molecule has 1 saturated heterocycles. The van der Waals surface area contributed by atoms with Crippen LogP contribution in [0, 0.1) is 17.7 Å². The van der Waals surface area contributed by atoms with E-state index in [1.807, 2.05) is 29.2 Å². The number of aryl methyl sites for hydroxylation is 1. The third-order valence-electron chi connectivity index (χ3n) is 6.72. The second kappa shape index (κ2) is 8.17. The second-order valence-corrected chi connectivity index (χ2v) is 10.9. The second-order valence-electron chi connectivity index (χ2n) is 9.95. The molecule has 0 aromatic heterocycles. The van der Waals surface area contributed by atoms with Crippen LogP contribution in [-0.2, 0) is 4.79 Å². The molecular weight excluding hydrogens is 476 g/mol. The van der Waals surface area contributed by atoms with Crippen LogP contribution in [-0.4, -0.2) is 24.7 Å². The summed E-state index contributed by atoms with van der Waals surface area (Å²) < 4.78 is 0.985. The van der Waals surface area contributed by atoms with Crippen molar-refractivity contribution in [3.05, 3.63) is 86.8 Å². The summed E-state index contributed by atoms with van der Waals surface area (Å²) in [5.41, 5.74) is 5.60. The van der Waals surface area contributed by atoms with Crippen molar-refractivity contribution in [3.8, 4) is 0 Å². The fraction of sp³-hybridized carbons (Fsp3) is 0.333. The Morgan fingerprint density at radius 3 is 2.24 bits per heavy atom. The predicted octanol–water partition coefficient (Wildman–Crippen LogP) is 5.39. The zero-order valence-electron chi connectivity index (χ0n) is 19.3. The molecule has 2 aromatic rings. The summed E-state index contributed by atoms with van der Waals surface area (Å²) in [6.07, 6.45) is 1.26. The fourth-order valence-corrected chi connectivity index (χ4v) is 5.49. The quantitative estimate of drug-likeness (QED) is 0.512. The lowest BCUT2D eigenvalue weighted by molar-refractivity contribution is -0.118. The van der Waals surface area contributed by atoms with E-state index in [0.29, 0.717) is 12.3 Å². The topological polar surface area (TPSA) is 68.2 Å². The Morgan fingerprint density at radius 2 is 1.61 bits per heavy atom. The van der Waals surface area contributed by atoms with Gasteiger partial charge < -0.3 is 10.6 Å². The highest BCUT2D eigenvalue weighted by atomic mass is 79.9. The van der Waals surface area contributed by atoms with E-state index in [1.165, 1.54) is 5.56 Å². The number of hydrogen-bond donors (Lipinski definition) is 3. The normalized spacial score (nSPS) is 22.3. The van der Waals surface area contributed by atoms with Crippen LogP contribution in [0.3, 0.4) is 0 Å². The number of ketones is 1. The number of nitrogens with one attached hydrogen (secondary N) is 3. The predicted molar refractivity (Wildman–Crippen MR) is 136 cm³/mol. The Balaban J connectivity index is 1.80. The van der Waals surface area contributed by atoms with Gasteiger partial charge in [0.25, 0.3) is 0 Å². The molecule has 3 aliphatic rings. The molecule has 1 fully saturated rings. The Labute approximate surface area is 203 Å². The zero-order valence-corrected chi connectivity index (χ0v) is 20.8. The van der Waals surface area contributed by atoms with Crippen LogP contribution in [0.5, 0.6) is 0 Å². The van der Waals surface area contributed by atoms with Crippen LogP contribution in [0.25, 0.3) is 0 Å². The van der Waals surface area contributed by atoms with Crippen molar-refractivity contribution < 1.29 is 4.79 Å². The Hall–Kier alpha value is -2.86. The maximum atomic E-state index is 13.8. The van der Waals surface area contributed by atoms with Gasteiger partial charge >= 0.3 is 0 Å². The number of allylic oxidation sites excluding steroid dienone is 2. The van der Waals surface area contributed by atoms with E-state index in [2.05, 4.69) is 71.6 Å². The monoisotopic (exact) mass is 504 g/mol. The highest BCUT2D eigenvalue weighted by Gasteiger charge is 2.46. The van der Waals surface area contributed by atoms with Crippen molar-refractivity contribution in [2.45, 2.75) is 39.5 Å². The van der Waals surface area contributed by atoms with Gasteiger partial charge in [-0.15, -0.1) is 0 Å². The van der Waals surface area contributed by atoms with E-state index in [9.17, 15) is 10.2 Å². The summed E-state index contributed by atoms with van der Waals surface area (Å²) in [4.78, 5) is 15.8. The molecule has 3 N–H and O–H groups in total. The van der Waals surface area contributed by atoms with Gasteiger partial charge in [0.1, 0.15) is 11.7 Å². The number of hydrogen-bond acceptors (Lipinski definition) is 4. The molecule has 0 bridgehead atoms. The minimum Gasteiger partial charge on any atom is -0.370 e. The molecule has 1 atom stereocenters. The first-order valence-electron chi connectivity index (χ1n) is 11.4. The summed E-state index contributed by atoms with van der Waals surface area (Å²) in [6, 6.07) is 16.4. The molecule has 33 heavy (non-hydrogen) atoms. The maximum Gasteiger partial charge on any atom is 0.162 e. The molecule has 2 aromatic carbocycles. The average molecular weight is 505 g/mol. The molecule has 1 aliphatic carbocycles. The van der Waals surface area contributed by atoms with Gasteiger partial charge in [-0.3, -0.25) is 15.1 Å². The maximum absolute atomic E-state index is 13.8. The lowest BCUT2D eigenvalue weighted by atomic mass is 9.67. The van der Waals surface area contributed by atoms with Gasteiger partial charge in [0.2, 0.25) is 0 Å². The lowest BCUT2D eigenvalue weighted by Gasteiger charge is -2.45. The van der Waals surface area contributed by atoms with Gasteiger partial charge in [-0.1, -0.05) is 59.6 Å². The Bertz CT molecular complexity index is 1180. The number of nitrogens with zero attached hydrogens (tertiary/aromatic N) is 1. The first-order chi connectivity index (χ1) is 15.7. The standard InChI is InChI=1S/C27H29BrN4O/c1-16-4-6-17(7-5-16)22-23-20(14-27(2,3)15-21(23)33)32(19-10-8-18(28)9-11-19)25(29)24(22)26-30-12-13-31-26/h4-11,22,29-31H,12-15H2,1-3H3. The van der Waals surface area contributed by atoms with Crippen LogP contribution in [0.1, 0.15) is 43.7 Å². The van der Waals surface area contributed by atoms with Crippen molar-refractivity contribution >= 4 is 33.2 Å². The number of carbonyl (C=O) groups is 1. The summed E-state index contributed by atoms with van der Waals surface area (Å²) in [7, 11) is 0. The van der Waals surface area contributed by atoms with E-state index in [-0.39, 0.29) is 17.1 Å². The average Bonchev–Trinajstić information content (AvgIpc) is 3.28. The molecule has 5 rings (SSSR count). The van der Waals surface area contributed by atoms with Crippen molar-refractivity contribution in [1.82, 2.24) is 10.6 Å². The summed E-state index contributed by atoms with van der Waals surface area (Å²) in [5, 5.41) is 16.3. The largest absolute Gasteiger partial charge is 0.370 e. The third-order valence-corrected chi connectivity index (χ3v) is 7.24. The van der Waals surface area contributed by atoms with E-state index in [1.54, 1.807) is 0 Å². The number of halogens is 1. The first kappa shape index (κ1) is 22.0. The Kier molecular flexibility index (Phi) is 5.44. The fourth-order valence-electron chi connectivity index (χ4n) is 5.22. The smallest absolute Gasteiger partial charge is 0.162 e.